The Morgan fingerprint density at radius 1 is 1.58 bits per heavy atom. The summed E-state index contributed by atoms with van der Waals surface area (Å²) in [5.41, 5.74) is 0. The first-order chi connectivity index (χ1) is 9.15. The maximum atomic E-state index is 12.9. The molecule has 5 heteroatoms. The Hall–Kier alpha value is -1.62. The van der Waals surface area contributed by atoms with Gasteiger partial charge in [0.1, 0.15) is 11.6 Å². The Morgan fingerprint density at radius 2 is 2.42 bits per heavy atom. The zero-order valence-corrected chi connectivity index (χ0v) is 11.0. The number of ether oxygens (including phenoxy) is 2. The molecule has 104 valence electrons. The van der Waals surface area contributed by atoms with Crippen molar-refractivity contribution in [3.8, 4) is 5.75 Å². The predicted octanol–water partition coefficient (Wildman–Crippen LogP) is 1.84. The van der Waals surface area contributed by atoms with E-state index in [4.69, 9.17) is 9.47 Å². The highest BCUT2D eigenvalue weighted by Gasteiger charge is 2.20. The minimum Gasteiger partial charge on any atom is -0.484 e. The second-order valence-corrected chi connectivity index (χ2v) is 4.66. The quantitative estimate of drug-likeness (QED) is 0.817. The summed E-state index contributed by atoms with van der Waals surface area (Å²) in [5.74, 6) is -0.156. The minimum absolute atomic E-state index is 0.0906. The van der Waals surface area contributed by atoms with Gasteiger partial charge in [0.25, 0.3) is 5.91 Å². The van der Waals surface area contributed by atoms with Gasteiger partial charge in [0, 0.05) is 26.3 Å². The first-order valence-electron chi connectivity index (χ1n) is 6.39. The van der Waals surface area contributed by atoms with Crippen LogP contribution < -0.4 is 4.74 Å². The standard InChI is InChI=1S/C14H18FNO3/c1-16(9-13-6-3-7-18-13)14(17)10-19-12-5-2-4-11(15)8-12/h2,4-5,8,13H,3,6-7,9-10H2,1H3. The van der Waals surface area contributed by atoms with E-state index in [0.717, 1.165) is 19.4 Å². The van der Waals surface area contributed by atoms with Gasteiger partial charge in [-0.3, -0.25) is 4.79 Å². The summed E-state index contributed by atoms with van der Waals surface area (Å²) in [6.07, 6.45) is 2.16. The summed E-state index contributed by atoms with van der Waals surface area (Å²) in [4.78, 5) is 13.4. The number of benzene rings is 1. The lowest BCUT2D eigenvalue weighted by atomic mass is 10.2. The van der Waals surface area contributed by atoms with Crippen molar-refractivity contribution in [3.63, 3.8) is 0 Å². The normalized spacial score (nSPS) is 18.3. The van der Waals surface area contributed by atoms with E-state index in [1.54, 1.807) is 24.1 Å². The third-order valence-electron chi connectivity index (χ3n) is 3.09. The van der Waals surface area contributed by atoms with E-state index in [0.29, 0.717) is 12.3 Å². The Morgan fingerprint density at radius 3 is 3.11 bits per heavy atom. The highest BCUT2D eigenvalue weighted by Crippen LogP contribution is 2.14. The number of halogens is 1. The molecular formula is C14H18FNO3. The number of nitrogens with zero attached hydrogens (tertiary/aromatic N) is 1. The van der Waals surface area contributed by atoms with Gasteiger partial charge < -0.3 is 14.4 Å². The minimum atomic E-state index is -0.377. The molecular weight excluding hydrogens is 249 g/mol. The van der Waals surface area contributed by atoms with E-state index in [2.05, 4.69) is 0 Å². The molecule has 0 aliphatic carbocycles. The average Bonchev–Trinajstić information content (AvgIpc) is 2.89. The van der Waals surface area contributed by atoms with Crippen molar-refractivity contribution in [2.24, 2.45) is 0 Å². The monoisotopic (exact) mass is 267 g/mol. The van der Waals surface area contributed by atoms with Gasteiger partial charge in [0.15, 0.2) is 6.61 Å². The molecule has 1 aromatic carbocycles. The van der Waals surface area contributed by atoms with Crippen molar-refractivity contribution in [1.29, 1.82) is 0 Å². The fourth-order valence-corrected chi connectivity index (χ4v) is 2.01. The van der Waals surface area contributed by atoms with E-state index in [9.17, 15) is 9.18 Å². The summed E-state index contributed by atoms with van der Waals surface area (Å²) < 4.78 is 23.7. The first-order valence-corrected chi connectivity index (χ1v) is 6.39. The zero-order chi connectivity index (χ0) is 13.7. The molecule has 1 aliphatic rings. The molecule has 1 amide bonds. The molecule has 1 aromatic rings. The maximum Gasteiger partial charge on any atom is 0.260 e. The van der Waals surface area contributed by atoms with Crippen molar-refractivity contribution in [1.82, 2.24) is 4.90 Å². The SMILES string of the molecule is CN(CC1CCCO1)C(=O)COc1cccc(F)c1. The molecule has 19 heavy (non-hydrogen) atoms. The van der Waals surface area contributed by atoms with Gasteiger partial charge in [-0.05, 0) is 25.0 Å². The highest BCUT2D eigenvalue weighted by molar-refractivity contribution is 5.77. The van der Waals surface area contributed by atoms with E-state index in [-0.39, 0.29) is 24.4 Å². The number of carbonyl (C=O) groups excluding carboxylic acids is 1. The number of rotatable bonds is 5. The molecule has 2 rings (SSSR count). The largest absolute Gasteiger partial charge is 0.484 e. The molecule has 1 aliphatic heterocycles. The number of amides is 1. The smallest absolute Gasteiger partial charge is 0.260 e. The van der Waals surface area contributed by atoms with Gasteiger partial charge in [0.2, 0.25) is 0 Å². The molecule has 0 bridgehead atoms. The van der Waals surface area contributed by atoms with Gasteiger partial charge in [-0.25, -0.2) is 4.39 Å². The fraction of sp³-hybridized carbons (Fsp3) is 0.500. The van der Waals surface area contributed by atoms with E-state index in [1.165, 1.54) is 12.1 Å². The van der Waals surface area contributed by atoms with Gasteiger partial charge >= 0.3 is 0 Å². The molecule has 1 unspecified atom stereocenters. The maximum absolute atomic E-state index is 12.9. The van der Waals surface area contributed by atoms with Crippen molar-refractivity contribution in [2.45, 2.75) is 18.9 Å². The van der Waals surface area contributed by atoms with Crippen molar-refractivity contribution in [3.05, 3.63) is 30.1 Å². The number of hydrogen-bond acceptors (Lipinski definition) is 3. The topological polar surface area (TPSA) is 38.8 Å². The number of likely N-dealkylation sites (N-methyl/N-ethyl adjacent to an activating group) is 1. The van der Waals surface area contributed by atoms with Gasteiger partial charge in [-0.1, -0.05) is 6.07 Å². The molecule has 0 aromatic heterocycles. The molecule has 1 atom stereocenters. The van der Waals surface area contributed by atoms with Crippen LogP contribution in [0, 0.1) is 5.82 Å². The van der Waals surface area contributed by atoms with Crippen LogP contribution in [0.4, 0.5) is 4.39 Å². The van der Waals surface area contributed by atoms with Crippen LogP contribution in [0.25, 0.3) is 0 Å². The Kier molecular flexibility index (Phi) is 4.74. The zero-order valence-electron chi connectivity index (χ0n) is 11.0. The lowest BCUT2D eigenvalue weighted by molar-refractivity contribution is -0.133. The second kappa shape index (κ2) is 6.52. The Labute approximate surface area is 112 Å². The summed E-state index contributed by atoms with van der Waals surface area (Å²) in [5, 5.41) is 0. The summed E-state index contributed by atoms with van der Waals surface area (Å²) in [6, 6.07) is 5.76. The van der Waals surface area contributed by atoms with E-state index in [1.807, 2.05) is 0 Å². The van der Waals surface area contributed by atoms with Crippen LogP contribution >= 0.6 is 0 Å². The first kappa shape index (κ1) is 13.8. The van der Waals surface area contributed by atoms with Crippen LogP contribution in [0.3, 0.4) is 0 Å². The molecule has 0 spiro atoms. The Balaban J connectivity index is 1.76. The summed E-state index contributed by atoms with van der Waals surface area (Å²) >= 11 is 0. The summed E-state index contributed by atoms with van der Waals surface area (Å²) in [6.45, 7) is 1.25. The van der Waals surface area contributed by atoms with Crippen LogP contribution in [0.5, 0.6) is 5.75 Å². The van der Waals surface area contributed by atoms with Crippen LogP contribution in [-0.4, -0.2) is 43.7 Å². The van der Waals surface area contributed by atoms with Crippen LogP contribution in [0.15, 0.2) is 24.3 Å². The third kappa shape index (κ3) is 4.21. The third-order valence-corrected chi connectivity index (χ3v) is 3.09. The predicted molar refractivity (Wildman–Crippen MR) is 68.5 cm³/mol. The molecule has 0 saturated carbocycles. The van der Waals surface area contributed by atoms with Crippen molar-refractivity contribution >= 4 is 5.91 Å². The van der Waals surface area contributed by atoms with Gasteiger partial charge in [-0.2, -0.15) is 0 Å². The van der Waals surface area contributed by atoms with Crippen molar-refractivity contribution < 1.29 is 18.7 Å². The molecule has 1 heterocycles. The summed E-state index contributed by atoms with van der Waals surface area (Å²) in [7, 11) is 1.72. The van der Waals surface area contributed by atoms with E-state index >= 15 is 0 Å². The lowest BCUT2D eigenvalue weighted by Crippen LogP contribution is -2.37. The average molecular weight is 267 g/mol. The Bertz CT molecular complexity index is 432. The second-order valence-electron chi connectivity index (χ2n) is 4.66. The molecule has 0 radical (unpaired) electrons. The van der Waals surface area contributed by atoms with Crippen LogP contribution in [0.1, 0.15) is 12.8 Å². The number of hydrogen-bond donors (Lipinski definition) is 0. The number of carbonyl (C=O) groups is 1. The van der Waals surface area contributed by atoms with Crippen LogP contribution in [0.2, 0.25) is 0 Å². The van der Waals surface area contributed by atoms with Gasteiger partial charge in [0.05, 0.1) is 6.10 Å². The highest BCUT2D eigenvalue weighted by atomic mass is 19.1. The van der Waals surface area contributed by atoms with Crippen LogP contribution in [-0.2, 0) is 9.53 Å². The molecule has 0 N–H and O–H groups in total. The van der Waals surface area contributed by atoms with Gasteiger partial charge in [-0.15, -0.1) is 0 Å². The molecule has 4 nitrogen and oxygen atoms in total. The molecule has 1 fully saturated rings. The van der Waals surface area contributed by atoms with E-state index < -0.39 is 0 Å². The lowest BCUT2D eigenvalue weighted by Gasteiger charge is -2.20. The fourth-order valence-electron chi connectivity index (χ4n) is 2.01. The van der Waals surface area contributed by atoms with Crippen molar-refractivity contribution in [2.75, 3.05) is 26.8 Å². The molecule has 1 saturated heterocycles.